The molecule has 0 unspecified atom stereocenters. The third-order valence-electron chi connectivity index (χ3n) is 1.74. The van der Waals surface area contributed by atoms with Crippen LogP contribution in [-0.2, 0) is 6.61 Å². The van der Waals surface area contributed by atoms with Crippen molar-refractivity contribution in [3.8, 4) is 5.75 Å². The number of hydrogen-bond donors (Lipinski definition) is 3. The van der Waals surface area contributed by atoms with Crippen molar-refractivity contribution >= 4 is 5.78 Å². The molecule has 0 atom stereocenters. The monoisotopic (exact) mass is 181 g/mol. The lowest BCUT2D eigenvalue weighted by Crippen LogP contribution is -2.15. The van der Waals surface area contributed by atoms with E-state index in [2.05, 4.69) is 0 Å². The van der Waals surface area contributed by atoms with E-state index in [1.54, 1.807) is 0 Å². The minimum atomic E-state index is -0.282. The summed E-state index contributed by atoms with van der Waals surface area (Å²) in [5.74, 6) is -0.221. The third-order valence-corrected chi connectivity index (χ3v) is 1.74. The highest BCUT2D eigenvalue weighted by atomic mass is 16.3. The first-order valence-electron chi connectivity index (χ1n) is 3.85. The summed E-state index contributed by atoms with van der Waals surface area (Å²) >= 11 is 0. The molecule has 0 amide bonds. The average Bonchev–Trinajstić information content (AvgIpc) is 2.16. The van der Waals surface area contributed by atoms with Gasteiger partial charge in [-0.1, -0.05) is 0 Å². The van der Waals surface area contributed by atoms with Crippen molar-refractivity contribution in [1.82, 2.24) is 0 Å². The van der Waals surface area contributed by atoms with Gasteiger partial charge in [-0.3, -0.25) is 4.79 Å². The molecule has 0 radical (unpaired) electrons. The van der Waals surface area contributed by atoms with Crippen LogP contribution >= 0.6 is 0 Å². The van der Waals surface area contributed by atoms with E-state index < -0.39 is 0 Å². The summed E-state index contributed by atoms with van der Waals surface area (Å²) < 4.78 is 0. The van der Waals surface area contributed by atoms with Gasteiger partial charge in [-0.15, -0.1) is 0 Å². The smallest absolute Gasteiger partial charge is 0.176 e. The number of phenols is 1. The Hall–Kier alpha value is -1.39. The van der Waals surface area contributed by atoms with Gasteiger partial charge in [0.2, 0.25) is 0 Å². The van der Waals surface area contributed by atoms with Gasteiger partial charge >= 0.3 is 0 Å². The summed E-state index contributed by atoms with van der Waals surface area (Å²) in [7, 11) is 0. The Morgan fingerprint density at radius 3 is 2.69 bits per heavy atom. The maximum atomic E-state index is 11.2. The average molecular weight is 181 g/mol. The van der Waals surface area contributed by atoms with Crippen molar-refractivity contribution in [3.63, 3.8) is 0 Å². The summed E-state index contributed by atoms with van der Waals surface area (Å²) in [4.78, 5) is 11.2. The van der Waals surface area contributed by atoms with Gasteiger partial charge in [-0.05, 0) is 23.8 Å². The van der Waals surface area contributed by atoms with Crippen LogP contribution in [0.1, 0.15) is 15.9 Å². The van der Waals surface area contributed by atoms with Gasteiger partial charge in [-0.2, -0.15) is 0 Å². The molecule has 1 aromatic rings. The maximum absolute atomic E-state index is 11.2. The summed E-state index contributed by atoms with van der Waals surface area (Å²) in [6.07, 6.45) is 0. The van der Waals surface area contributed by atoms with Crippen LogP contribution in [0.4, 0.5) is 0 Å². The summed E-state index contributed by atoms with van der Waals surface area (Å²) in [5.41, 5.74) is 5.93. The number of hydrogen-bond acceptors (Lipinski definition) is 4. The molecule has 4 N–H and O–H groups in total. The summed E-state index contributed by atoms with van der Waals surface area (Å²) in [6.45, 7) is -0.382. The molecule has 70 valence electrons. The number of aromatic hydroxyl groups is 1. The Kier molecular flexibility index (Phi) is 3.00. The van der Waals surface area contributed by atoms with Gasteiger partial charge in [0.15, 0.2) is 5.78 Å². The van der Waals surface area contributed by atoms with Crippen molar-refractivity contribution in [2.24, 2.45) is 5.73 Å². The lowest BCUT2D eigenvalue weighted by molar-refractivity contribution is 0.0998. The van der Waals surface area contributed by atoms with Gasteiger partial charge in [0.1, 0.15) is 5.75 Å². The number of carbonyl (C=O) groups is 1. The number of aliphatic hydroxyl groups is 1. The molecular formula is C9H11NO3. The van der Waals surface area contributed by atoms with Crippen molar-refractivity contribution in [1.29, 1.82) is 0 Å². The highest BCUT2D eigenvalue weighted by molar-refractivity contribution is 5.98. The fourth-order valence-corrected chi connectivity index (χ4v) is 1.09. The van der Waals surface area contributed by atoms with E-state index in [9.17, 15) is 4.79 Å². The molecular weight excluding hydrogens is 170 g/mol. The lowest BCUT2D eigenvalue weighted by atomic mass is 10.0. The van der Waals surface area contributed by atoms with Crippen LogP contribution in [-0.4, -0.2) is 22.5 Å². The SMILES string of the molecule is NCC(=O)c1ccc(O)cc1CO. The van der Waals surface area contributed by atoms with Crippen LogP contribution in [0, 0.1) is 0 Å². The Bertz CT molecular complexity index is 323. The molecule has 4 nitrogen and oxygen atoms in total. The second kappa shape index (κ2) is 4.02. The largest absolute Gasteiger partial charge is 0.508 e. The number of nitrogens with two attached hydrogens (primary N) is 1. The standard InChI is InChI=1S/C9H11NO3/c10-4-9(13)8-2-1-7(12)3-6(8)5-11/h1-3,11-12H,4-5,10H2. The highest BCUT2D eigenvalue weighted by Gasteiger charge is 2.09. The first-order chi connectivity index (χ1) is 6.19. The van der Waals surface area contributed by atoms with Gasteiger partial charge in [0.25, 0.3) is 0 Å². The summed E-state index contributed by atoms with van der Waals surface area (Å²) in [5, 5.41) is 18.0. The van der Waals surface area contributed by atoms with Gasteiger partial charge in [-0.25, -0.2) is 0 Å². The number of benzene rings is 1. The zero-order valence-corrected chi connectivity index (χ0v) is 7.03. The van der Waals surface area contributed by atoms with Crippen LogP contribution in [0.2, 0.25) is 0 Å². The Morgan fingerprint density at radius 1 is 1.46 bits per heavy atom. The molecule has 0 aliphatic carbocycles. The van der Waals surface area contributed by atoms with Gasteiger partial charge in [0.05, 0.1) is 13.2 Å². The van der Waals surface area contributed by atoms with Crippen LogP contribution in [0.15, 0.2) is 18.2 Å². The van der Waals surface area contributed by atoms with Crippen LogP contribution in [0.3, 0.4) is 0 Å². The number of Topliss-reactive ketones (excluding diaryl/α,β-unsaturated/α-hetero) is 1. The molecule has 13 heavy (non-hydrogen) atoms. The van der Waals surface area contributed by atoms with Gasteiger partial charge < -0.3 is 15.9 Å². The third kappa shape index (κ3) is 2.05. The predicted molar refractivity (Wildman–Crippen MR) is 47.4 cm³/mol. The van der Waals surface area contributed by atoms with Crippen LogP contribution < -0.4 is 5.73 Å². The zero-order valence-electron chi connectivity index (χ0n) is 7.03. The van der Waals surface area contributed by atoms with E-state index in [1.807, 2.05) is 0 Å². The van der Waals surface area contributed by atoms with Crippen molar-refractivity contribution in [2.75, 3.05) is 6.54 Å². The zero-order chi connectivity index (χ0) is 9.84. The second-order valence-corrected chi connectivity index (χ2v) is 2.63. The molecule has 1 rings (SSSR count). The topological polar surface area (TPSA) is 83.6 Å². The number of rotatable bonds is 3. The first-order valence-corrected chi connectivity index (χ1v) is 3.85. The fraction of sp³-hybridized carbons (Fsp3) is 0.222. The van der Waals surface area contributed by atoms with E-state index >= 15 is 0 Å². The van der Waals surface area contributed by atoms with Crippen LogP contribution in [0.5, 0.6) is 5.75 Å². The van der Waals surface area contributed by atoms with Crippen molar-refractivity contribution in [3.05, 3.63) is 29.3 Å². The molecule has 0 aliphatic rings. The van der Waals surface area contributed by atoms with E-state index in [-0.39, 0.29) is 24.7 Å². The van der Waals surface area contributed by atoms with Crippen molar-refractivity contribution < 1.29 is 15.0 Å². The maximum Gasteiger partial charge on any atom is 0.176 e. The molecule has 4 heteroatoms. The number of phenolic OH excluding ortho intramolecular Hbond substituents is 1. The minimum Gasteiger partial charge on any atom is -0.508 e. The normalized spacial score (nSPS) is 10.0. The second-order valence-electron chi connectivity index (χ2n) is 2.63. The Morgan fingerprint density at radius 2 is 2.15 bits per heavy atom. The minimum absolute atomic E-state index is 0.0256. The predicted octanol–water partition coefficient (Wildman–Crippen LogP) is 0.0259. The van der Waals surface area contributed by atoms with E-state index in [4.69, 9.17) is 15.9 Å². The van der Waals surface area contributed by atoms with Crippen molar-refractivity contribution in [2.45, 2.75) is 6.61 Å². The molecule has 0 heterocycles. The first kappa shape index (κ1) is 9.70. The number of ketones is 1. The Labute approximate surface area is 75.6 Å². The summed E-state index contributed by atoms with van der Waals surface area (Å²) in [6, 6.07) is 4.20. The number of carbonyl (C=O) groups excluding carboxylic acids is 1. The Balaban J connectivity index is 3.13. The molecule has 0 spiro atoms. The molecule has 0 saturated heterocycles. The molecule has 0 saturated carbocycles. The van der Waals surface area contributed by atoms with Crippen LogP contribution in [0.25, 0.3) is 0 Å². The lowest BCUT2D eigenvalue weighted by Gasteiger charge is -2.04. The van der Waals surface area contributed by atoms with E-state index in [0.29, 0.717) is 11.1 Å². The van der Waals surface area contributed by atoms with E-state index in [0.717, 1.165) is 0 Å². The quantitative estimate of drug-likeness (QED) is 0.574. The number of aliphatic hydroxyl groups excluding tert-OH is 1. The van der Waals surface area contributed by atoms with E-state index in [1.165, 1.54) is 18.2 Å². The molecule has 0 aromatic heterocycles. The molecule has 0 fully saturated rings. The van der Waals surface area contributed by atoms with Gasteiger partial charge in [0, 0.05) is 5.56 Å². The molecule has 0 bridgehead atoms. The fourth-order valence-electron chi connectivity index (χ4n) is 1.09. The highest BCUT2D eigenvalue weighted by Crippen LogP contribution is 2.16. The molecule has 1 aromatic carbocycles. The molecule has 0 aliphatic heterocycles.